The van der Waals surface area contributed by atoms with Gasteiger partial charge < -0.3 is 38.5 Å². The summed E-state index contributed by atoms with van der Waals surface area (Å²) >= 11 is 0. The minimum atomic E-state index is -1.50. The highest BCUT2D eigenvalue weighted by molar-refractivity contribution is 5.89. The molecular weight excluding hydrogens is 787 g/mol. The number of benzene rings is 1. The Balaban J connectivity index is 2.40. The van der Waals surface area contributed by atoms with E-state index in [1.165, 1.54) is 58.3 Å². The molecule has 0 aliphatic carbocycles. The summed E-state index contributed by atoms with van der Waals surface area (Å²) in [4.78, 5) is 76.0. The number of allylic oxidation sites excluding steroid dienone is 1. The van der Waals surface area contributed by atoms with Crippen LogP contribution < -0.4 is 5.32 Å². The standard InChI is InChI=1S/C47H73NO13/c1-7-9-11-13-14-15-16-17-18-19-20-22-26-30-40(60-46(54)38-28-24-23-25-29-38)39(48-42(53)31-27-21-12-10-8-2)32-56-47-45(59-37(6)52)44(58-36(5)51)43(57-35(4)50)41(61-47)33-55-34(3)49/h23-26,28-30,39-41,43-45,47H,7-22,27,31-33H2,1-6H3,(H,48,53)/b30-26+/t39-,40+,41+,43-,44-,45+,47+/m0/s1. The fourth-order valence-electron chi connectivity index (χ4n) is 7.09. The third-order valence-electron chi connectivity index (χ3n) is 10.2. The molecule has 7 atom stereocenters. The molecule has 1 N–H and O–H groups in total. The first-order valence-electron chi connectivity index (χ1n) is 22.5. The summed E-state index contributed by atoms with van der Waals surface area (Å²) in [5.41, 5.74) is 0.313. The number of hydrogen-bond donors (Lipinski definition) is 1. The van der Waals surface area contributed by atoms with Crippen LogP contribution in [0, 0.1) is 0 Å². The number of carbonyl (C=O) groups is 6. The maximum atomic E-state index is 13.5. The molecule has 1 aromatic carbocycles. The lowest BCUT2D eigenvalue weighted by molar-refractivity contribution is -0.309. The number of hydrogen-bond acceptors (Lipinski definition) is 13. The molecular formula is C47H73NO13. The highest BCUT2D eigenvalue weighted by atomic mass is 16.7. The first kappa shape index (κ1) is 52.8. The molecule has 1 amide bonds. The summed E-state index contributed by atoms with van der Waals surface area (Å²) < 4.78 is 40.4. The summed E-state index contributed by atoms with van der Waals surface area (Å²) in [6, 6.07) is 7.51. The Morgan fingerprint density at radius 2 is 1.18 bits per heavy atom. The Labute approximate surface area is 363 Å². The van der Waals surface area contributed by atoms with Gasteiger partial charge in [-0.25, -0.2) is 4.79 Å². The molecule has 0 spiro atoms. The van der Waals surface area contributed by atoms with Crippen LogP contribution in [0.25, 0.3) is 0 Å². The average molecular weight is 860 g/mol. The van der Waals surface area contributed by atoms with Crippen LogP contribution in [0.1, 0.15) is 167 Å². The van der Waals surface area contributed by atoms with Gasteiger partial charge in [-0.1, -0.05) is 128 Å². The van der Waals surface area contributed by atoms with Gasteiger partial charge in [-0.3, -0.25) is 24.0 Å². The molecule has 1 saturated heterocycles. The van der Waals surface area contributed by atoms with Crippen LogP contribution in [-0.4, -0.2) is 91.8 Å². The third-order valence-corrected chi connectivity index (χ3v) is 10.2. The lowest BCUT2D eigenvalue weighted by Crippen LogP contribution is -2.63. The molecule has 0 unspecified atom stereocenters. The zero-order chi connectivity index (χ0) is 44.8. The Bertz CT molecular complexity index is 1470. The molecule has 14 heteroatoms. The highest BCUT2D eigenvalue weighted by Gasteiger charge is 2.53. The SMILES string of the molecule is CCCCCCCCCCCCC/C=C/[C@@H](OC(=O)c1ccccc1)[C@H](CO[C@@H]1O[C@H](COC(C)=O)[C@H](OC(C)=O)[C@H](OC(C)=O)[C@H]1OC(C)=O)NC(=O)CCCCCCC. The number of unbranched alkanes of at least 4 members (excludes halogenated alkanes) is 15. The van der Waals surface area contributed by atoms with E-state index in [2.05, 4.69) is 19.2 Å². The van der Waals surface area contributed by atoms with Gasteiger partial charge >= 0.3 is 29.8 Å². The topological polar surface area (TPSA) is 179 Å². The zero-order valence-electron chi connectivity index (χ0n) is 37.5. The van der Waals surface area contributed by atoms with E-state index in [9.17, 15) is 28.8 Å². The second-order valence-corrected chi connectivity index (χ2v) is 15.7. The highest BCUT2D eigenvalue weighted by Crippen LogP contribution is 2.30. The summed E-state index contributed by atoms with van der Waals surface area (Å²) in [6.07, 6.45) is 14.5. The molecule has 1 aromatic rings. The van der Waals surface area contributed by atoms with Gasteiger partial charge in [0.25, 0.3) is 0 Å². The second-order valence-electron chi connectivity index (χ2n) is 15.7. The molecule has 1 aliphatic heterocycles. The van der Waals surface area contributed by atoms with Gasteiger partial charge in [-0.05, 0) is 37.5 Å². The third kappa shape index (κ3) is 22.9. The lowest BCUT2D eigenvalue weighted by atomic mass is 9.98. The summed E-state index contributed by atoms with van der Waals surface area (Å²) in [6.45, 7) is 8.15. The molecule has 0 saturated carbocycles. The summed E-state index contributed by atoms with van der Waals surface area (Å²) in [5.74, 6) is -3.89. The fraction of sp³-hybridized carbons (Fsp3) is 0.702. The molecule has 2 rings (SSSR count). The Hall–Kier alpha value is -4.30. The van der Waals surface area contributed by atoms with Crippen molar-refractivity contribution in [2.24, 2.45) is 0 Å². The number of amides is 1. The largest absolute Gasteiger partial charge is 0.463 e. The molecule has 1 heterocycles. The minimum absolute atomic E-state index is 0.223. The van der Waals surface area contributed by atoms with E-state index in [4.69, 9.17) is 33.2 Å². The van der Waals surface area contributed by atoms with Crippen LogP contribution in [-0.2, 0) is 57.1 Å². The van der Waals surface area contributed by atoms with Gasteiger partial charge in [0.1, 0.15) is 18.8 Å². The van der Waals surface area contributed by atoms with Crippen LogP contribution in [0.5, 0.6) is 0 Å². The van der Waals surface area contributed by atoms with Crippen LogP contribution in [0.4, 0.5) is 0 Å². The van der Waals surface area contributed by atoms with Crippen molar-refractivity contribution >= 4 is 35.8 Å². The normalized spacial score (nSPS) is 19.7. The van der Waals surface area contributed by atoms with E-state index in [0.717, 1.165) is 72.1 Å². The van der Waals surface area contributed by atoms with E-state index >= 15 is 0 Å². The summed E-state index contributed by atoms with van der Waals surface area (Å²) in [7, 11) is 0. The van der Waals surface area contributed by atoms with E-state index in [0.29, 0.717) is 12.0 Å². The van der Waals surface area contributed by atoms with Crippen LogP contribution in [0.3, 0.4) is 0 Å². The van der Waals surface area contributed by atoms with Gasteiger partial charge in [-0.2, -0.15) is 0 Å². The summed E-state index contributed by atoms with van der Waals surface area (Å²) in [5, 5.41) is 3.01. The molecule has 1 aliphatic rings. The number of nitrogens with one attached hydrogen (secondary N) is 1. The van der Waals surface area contributed by atoms with Crippen molar-refractivity contribution in [3.05, 3.63) is 48.0 Å². The Morgan fingerprint density at radius 1 is 0.656 bits per heavy atom. The molecule has 61 heavy (non-hydrogen) atoms. The maximum absolute atomic E-state index is 13.5. The van der Waals surface area contributed by atoms with Crippen molar-refractivity contribution in [2.45, 2.75) is 200 Å². The molecule has 0 radical (unpaired) electrons. The van der Waals surface area contributed by atoms with Crippen molar-refractivity contribution in [1.29, 1.82) is 0 Å². The van der Waals surface area contributed by atoms with Crippen molar-refractivity contribution in [1.82, 2.24) is 5.32 Å². The van der Waals surface area contributed by atoms with Crippen molar-refractivity contribution in [2.75, 3.05) is 13.2 Å². The average Bonchev–Trinajstić information content (AvgIpc) is 3.21. The molecule has 1 fully saturated rings. The Morgan fingerprint density at radius 3 is 1.74 bits per heavy atom. The molecule has 0 aromatic heterocycles. The lowest BCUT2D eigenvalue weighted by Gasteiger charge is -2.44. The van der Waals surface area contributed by atoms with Gasteiger partial charge in [0, 0.05) is 34.1 Å². The zero-order valence-corrected chi connectivity index (χ0v) is 37.5. The van der Waals surface area contributed by atoms with Gasteiger partial charge in [0.15, 0.2) is 24.6 Å². The Kier molecular flexibility index (Phi) is 27.3. The quantitative estimate of drug-likeness (QED) is 0.0326. The minimum Gasteiger partial charge on any atom is -0.463 e. The van der Waals surface area contributed by atoms with Crippen molar-refractivity contribution < 1.29 is 61.9 Å². The number of ether oxygens (including phenoxy) is 7. The second kappa shape index (κ2) is 31.5. The van der Waals surface area contributed by atoms with Crippen LogP contribution in [0.15, 0.2) is 42.5 Å². The number of esters is 5. The monoisotopic (exact) mass is 860 g/mol. The van der Waals surface area contributed by atoms with Crippen LogP contribution >= 0.6 is 0 Å². The van der Waals surface area contributed by atoms with Gasteiger partial charge in [0.05, 0.1) is 18.2 Å². The van der Waals surface area contributed by atoms with Crippen LogP contribution in [0.2, 0.25) is 0 Å². The van der Waals surface area contributed by atoms with E-state index in [1.807, 2.05) is 6.08 Å². The van der Waals surface area contributed by atoms with E-state index in [-0.39, 0.29) is 18.9 Å². The van der Waals surface area contributed by atoms with E-state index in [1.54, 1.807) is 36.4 Å². The smallest absolute Gasteiger partial charge is 0.338 e. The maximum Gasteiger partial charge on any atom is 0.338 e. The fourth-order valence-corrected chi connectivity index (χ4v) is 7.09. The first-order valence-corrected chi connectivity index (χ1v) is 22.5. The predicted octanol–water partition coefficient (Wildman–Crippen LogP) is 8.41. The number of carbonyl (C=O) groups excluding carboxylic acids is 6. The number of rotatable bonds is 31. The first-order chi connectivity index (χ1) is 29.4. The van der Waals surface area contributed by atoms with E-state index < -0.39 is 79.3 Å². The van der Waals surface area contributed by atoms with Crippen molar-refractivity contribution in [3.63, 3.8) is 0 Å². The predicted molar refractivity (Wildman–Crippen MR) is 229 cm³/mol. The van der Waals surface area contributed by atoms with Gasteiger partial charge in [-0.15, -0.1) is 0 Å². The molecule has 0 bridgehead atoms. The van der Waals surface area contributed by atoms with Gasteiger partial charge in [0.2, 0.25) is 5.91 Å². The molecule has 344 valence electrons. The molecule has 14 nitrogen and oxygen atoms in total. The van der Waals surface area contributed by atoms with Crippen molar-refractivity contribution in [3.8, 4) is 0 Å².